The summed E-state index contributed by atoms with van der Waals surface area (Å²) in [7, 11) is 3.00. The first-order valence-electron chi connectivity index (χ1n) is 10.3. The van der Waals surface area contributed by atoms with Gasteiger partial charge >= 0.3 is 5.97 Å². The molecule has 1 heterocycles. The summed E-state index contributed by atoms with van der Waals surface area (Å²) in [4.78, 5) is 30.8. The van der Waals surface area contributed by atoms with E-state index in [4.69, 9.17) is 9.47 Å². The molecule has 1 aliphatic heterocycles. The highest BCUT2D eigenvalue weighted by Gasteiger charge is 2.30. The van der Waals surface area contributed by atoms with E-state index in [2.05, 4.69) is 4.99 Å². The Labute approximate surface area is 200 Å². The summed E-state index contributed by atoms with van der Waals surface area (Å²) < 4.78 is 23.4. The Kier molecular flexibility index (Phi) is 7.08. The molecule has 1 aliphatic rings. The van der Waals surface area contributed by atoms with Gasteiger partial charge in [-0.25, -0.2) is 14.2 Å². The van der Waals surface area contributed by atoms with Crippen LogP contribution >= 0.6 is 11.8 Å². The Morgan fingerprint density at radius 3 is 2.35 bits per heavy atom. The number of rotatable bonds is 6. The molecule has 6 nitrogen and oxygen atoms in total. The van der Waals surface area contributed by atoms with E-state index in [1.807, 2.05) is 24.3 Å². The fourth-order valence-electron chi connectivity index (χ4n) is 3.11. The number of aliphatic imine (C=N–C) groups is 1. The zero-order chi connectivity index (χ0) is 24.1. The van der Waals surface area contributed by atoms with Crippen LogP contribution in [0.4, 0.5) is 10.1 Å². The SMILES string of the molecule is COC(=O)c1ccc(N=C2S/C(=C\c3ccc(OCc4ccc(F)cc4)cc3)C(=O)N2C)cc1. The van der Waals surface area contributed by atoms with Gasteiger partial charge < -0.3 is 9.47 Å². The third-order valence-electron chi connectivity index (χ3n) is 5.01. The highest BCUT2D eigenvalue weighted by Crippen LogP contribution is 2.33. The van der Waals surface area contributed by atoms with Crippen molar-refractivity contribution in [1.29, 1.82) is 0 Å². The molecular formula is C26H21FN2O4S. The van der Waals surface area contributed by atoms with E-state index in [-0.39, 0.29) is 11.7 Å². The first-order valence-corrected chi connectivity index (χ1v) is 11.2. The van der Waals surface area contributed by atoms with Crippen LogP contribution in [0.25, 0.3) is 6.08 Å². The molecule has 0 N–H and O–H groups in total. The zero-order valence-electron chi connectivity index (χ0n) is 18.5. The van der Waals surface area contributed by atoms with Gasteiger partial charge in [-0.2, -0.15) is 0 Å². The number of thioether (sulfide) groups is 1. The summed E-state index contributed by atoms with van der Waals surface area (Å²) in [5.41, 5.74) is 2.77. The largest absolute Gasteiger partial charge is 0.489 e. The molecule has 0 aliphatic carbocycles. The van der Waals surface area contributed by atoms with Crippen molar-refractivity contribution in [2.75, 3.05) is 14.2 Å². The molecule has 4 rings (SSSR count). The molecule has 172 valence electrons. The average molecular weight is 477 g/mol. The monoisotopic (exact) mass is 476 g/mol. The van der Waals surface area contributed by atoms with Gasteiger partial charge in [0.05, 0.1) is 23.3 Å². The summed E-state index contributed by atoms with van der Waals surface area (Å²) in [5, 5.41) is 0.543. The molecule has 3 aromatic carbocycles. The Bertz CT molecular complexity index is 1250. The summed E-state index contributed by atoms with van der Waals surface area (Å²) in [6.07, 6.45) is 1.80. The Hall–Kier alpha value is -3.91. The number of amides is 1. The lowest BCUT2D eigenvalue weighted by Gasteiger charge is -2.07. The minimum absolute atomic E-state index is 0.147. The van der Waals surface area contributed by atoms with Gasteiger partial charge in [-0.3, -0.25) is 9.69 Å². The molecule has 0 radical (unpaired) electrons. The van der Waals surface area contributed by atoms with Crippen LogP contribution in [0.3, 0.4) is 0 Å². The highest BCUT2D eigenvalue weighted by atomic mass is 32.2. The maximum Gasteiger partial charge on any atom is 0.337 e. The highest BCUT2D eigenvalue weighted by molar-refractivity contribution is 8.18. The smallest absolute Gasteiger partial charge is 0.337 e. The van der Waals surface area contributed by atoms with Crippen molar-refractivity contribution in [2.45, 2.75) is 6.61 Å². The van der Waals surface area contributed by atoms with E-state index >= 15 is 0 Å². The first kappa shape index (κ1) is 23.3. The lowest BCUT2D eigenvalue weighted by atomic mass is 10.2. The lowest BCUT2D eigenvalue weighted by Crippen LogP contribution is -2.23. The normalized spacial score (nSPS) is 15.7. The van der Waals surface area contributed by atoms with Gasteiger partial charge in [0.1, 0.15) is 18.2 Å². The molecule has 1 saturated heterocycles. The number of ether oxygens (including phenoxy) is 2. The molecule has 0 atom stereocenters. The number of hydrogen-bond acceptors (Lipinski definition) is 6. The molecule has 8 heteroatoms. The van der Waals surface area contributed by atoms with Crippen LogP contribution in [0, 0.1) is 5.82 Å². The maximum atomic E-state index is 13.0. The molecule has 0 saturated carbocycles. The molecule has 3 aromatic rings. The number of methoxy groups -OCH3 is 1. The van der Waals surface area contributed by atoms with Crippen molar-refractivity contribution in [3.8, 4) is 5.75 Å². The van der Waals surface area contributed by atoms with Gasteiger partial charge in [-0.1, -0.05) is 24.3 Å². The summed E-state index contributed by atoms with van der Waals surface area (Å²) in [5.74, 6) is -0.173. The number of likely N-dealkylation sites (N-methyl/N-ethyl adjacent to an activating group) is 1. The summed E-state index contributed by atoms with van der Waals surface area (Å²) in [6.45, 7) is 0.334. The van der Waals surface area contributed by atoms with Gasteiger partial charge in [-0.15, -0.1) is 0 Å². The zero-order valence-corrected chi connectivity index (χ0v) is 19.3. The van der Waals surface area contributed by atoms with Crippen LogP contribution in [-0.2, 0) is 16.1 Å². The van der Waals surface area contributed by atoms with Gasteiger partial charge in [0.15, 0.2) is 5.17 Å². The fourth-order valence-corrected chi connectivity index (χ4v) is 4.10. The number of nitrogens with zero attached hydrogens (tertiary/aromatic N) is 2. The lowest BCUT2D eigenvalue weighted by molar-refractivity contribution is -0.121. The van der Waals surface area contributed by atoms with E-state index in [1.54, 1.807) is 49.5 Å². The van der Waals surface area contributed by atoms with Crippen LogP contribution in [0.2, 0.25) is 0 Å². The standard InChI is InChI=1S/C26H21FN2O4S/c1-29-24(30)23(34-26(29)28-21-11-7-19(8-12-21)25(31)32-2)15-17-5-13-22(14-6-17)33-16-18-3-9-20(27)10-4-18/h3-15H,16H2,1-2H3/b23-15-,28-26?. The average Bonchev–Trinajstić information content (AvgIpc) is 3.12. The Morgan fingerprint density at radius 2 is 1.71 bits per heavy atom. The minimum Gasteiger partial charge on any atom is -0.489 e. The third-order valence-corrected chi connectivity index (χ3v) is 6.07. The van der Waals surface area contributed by atoms with Crippen LogP contribution in [0.15, 0.2) is 82.7 Å². The number of esters is 1. The minimum atomic E-state index is -0.418. The van der Waals surface area contributed by atoms with Crippen molar-refractivity contribution >= 4 is 40.6 Å². The quantitative estimate of drug-likeness (QED) is 0.351. The second-order valence-electron chi connectivity index (χ2n) is 7.39. The topological polar surface area (TPSA) is 68.2 Å². The van der Waals surface area contributed by atoms with E-state index in [1.165, 1.54) is 35.9 Å². The molecule has 1 fully saturated rings. The van der Waals surface area contributed by atoms with Crippen LogP contribution in [0.1, 0.15) is 21.5 Å². The first-order chi connectivity index (χ1) is 16.4. The summed E-state index contributed by atoms with van der Waals surface area (Å²) in [6, 6.07) is 20.2. The maximum absolute atomic E-state index is 13.0. The van der Waals surface area contributed by atoms with Crippen molar-refractivity contribution in [3.63, 3.8) is 0 Å². The fraction of sp³-hybridized carbons (Fsp3) is 0.115. The second kappa shape index (κ2) is 10.4. The van der Waals surface area contributed by atoms with Gasteiger partial charge in [0.25, 0.3) is 5.91 Å². The number of halogens is 1. The van der Waals surface area contributed by atoms with Crippen LogP contribution < -0.4 is 4.74 Å². The van der Waals surface area contributed by atoms with Crippen molar-refractivity contribution in [1.82, 2.24) is 4.90 Å². The van der Waals surface area contributed by atoms with E-state index in [0.717, 1.165) is 11.1 Å². The van der Waals surface area contributed by atoms with Crippen LogP contribution in [-0.4, -0.2) is 36.1 Å². The van der Waals surface area contributed by atoms with Gasteiger partial charge in [0.2, 0.25) is 0 Å². The van der Waals surface area contributed by atoms with E-state index in [0.29, 0.717) is 33.7 Å². The molecule has 0 bridgehead atoms. The molecule has 1 amide bonds. The van der Waals surface area contributed by atoms with E-state index in [9.17, 15) is 14.0 Å². The second-order valence-corrected chi connectivity index (χ2v) is 8.40. The van der Waals surface area contributed by atoms with Crippen LogP contribution in [0.5, 0.6) is 5.75 Å². The number of carbonyl (C=O) groups excluding carboxylic acids is 2. The van der Waals surface area contributed by atoms with Crippen molar-refractivity contribution < 1.29 is 23.5 Å². The molecular weight excluding hydrogens is 455 g/mol. The van der Waals surface area contributed by atoms with Gasteiger partial charge in [0, 0.05) is 7.05 Å². The number of hydrogen-bond donors (Lipinski definition) is 0. The predicted molar refractivity (Wildman–Crippen MR) is 130 cm³/mol. The van der Waals surface area contributed by atoms with Gasteiger partial charge in [-0.05, 0) is 77.5 Å². The molecule has 0 aromatic heterocycles. The Morgan fingerprint density at radius 1 is 1.03 bits per heavy atom. The number of benzene rings is 3. The molecule has 0 unspecified atom stereocenters. The Balaban J connectivity index is 1.42. The molecule has 34 heavy (non-hydrogen) atoms. The molecule has 0 spiro atoms. The predicted octanol–water partition coefficient (Wildman–Crippen LogP) is 5.43. The third kappa shape index (κ3) is 5.52. The van der Waals surface area contributed by atoms with Crippen molar-refractivity contribution in [2.24, 2.45) is 4.99 Å². The van der Waals surface area contributed by atoms with Crippen molar-refractivity contribution in [3.05, 3.63) is 100 Å². The van der Waals surface area contributed by atoms with E-state index < -0.39 is 5.97 Å². The summed E-state index contributed by atoms with van der Waals surface area (Å²) >= 11 is 1.28. The number of carbonyl (C=O) groups is 2. The number of amidine groups is 1.